The highest BCUT2D eigenvalue weighted by atomic mass is 35.5. The van der Waals surface area contributed by atoms with E-state index in [0.717, 1.165) is 22.3 Å². The number of benzene rings is 1. The average Bonchev–Trinajstić information content (AvgIpc) is 2.76. The molecular formula is C14H12ClFN4. The minimum absolute atomic E-state index is 0.348. The molecule has 0 spiro atoms. The second-order valence-electron chi connectivity index (χ2n) is 4.57. The van der Waals surface area contributed by atoms with Crippen molar-refractivity contribution in [3.05, 3.63) is 52.7 Å². The third-order valence-corrected chi connectivity index (χ3v) is 3.16. The van der Waals surface area contributed by atoms with Gasteiger partial charge < -0.3 is 10.3 Å². The molecule has 0 fully saturated rings. The van der Waals surface area contributed by atoms with Gasteiger partial charge in [0.1, 0.15) is 23.6 Å². The molecule has 1 aromatic carbocycles. The van der Waals surface area contributed by atoms with Gasteiger partial charge in [-0.3, -0.25) is 0 Å². The fourth-order valence-corrected chi connectivity index (χ4v) is 2.36. The van der Waals surface area contributed by atoms with Crippen molar-refractivity contribution in [2.75, 3.05) is 5.32 Å². The van der Waals surface area contributed by atoms with Crippen molar-refractivity contribution < 1.29 is 4.39 Å². The predicted molar refractivity (Wildman–Crippen MR) is 77.4 cm³/mol. The molecule has 3 aromatic rings. The first-order valence-electron chi connectivity index (χ1n) is 6.11. The van der Waals surface area contributed by atoms with Crippen LogP contribution in [0.15, 0.2) is 30.6 Å². The van der Waals surface area contributed by atoms with Gasteiger partial charge in [-0.25, -0.2) is 14.4 Å². The minimum atomic E-state index is -0.348. The maximum Gasteiger partial charge on any atom is 0.143 e. The lowest BCUT2D eigenvalue weighted by atomic mass is 10.2. The van der Waals surface area contributed by atoms with E-state index in [0.29, 0.717) is 17.4 Å². The van der Waals surface area contributed by atoms with E-state index in [9.17, 15) is 4.39 Å². The molecule has 3 rings (SSSR count). The zero-order chi connectivity index (χ0) is 14.1. The fourth-order valence-electron chi connectivity index (χ4n) is 2.11. The smallest absolute Gasteiger partial charge is 0.143 e. The predicted octanol–water partition coefficient (Wildman–Crippen LogP) is 3.67. The van der Waals surface area contributed by atoms with Crippen molar-refractivity contribution in [3.63, 3.8) is 0 Å². The molecule has 2 aromatic heterocycles. The number of aromatic amines is 1. The van der Waals surface area contributed by atoms with Crippen LogP contribution in [0.25, 0.3) is 11.0 Å². The Morgan fingerprint density at radius 1 is 1.25 bits per heavy atom. The average molecular weight is 291 g/mol. The van der Waals surface area contributed by atoms with E-state index in [1.807, 2.05) is 13.0 Å². The Labute approximate surface area is 120 Å². The van der Waals surface area contributed by atoms with Gasteiger partial charge in [0, 0.05) is 17.3 Å². The summed E-state index contributed by atoms with van der Waals surface area (Å²) in [6.07, 6.45) is 1.49. The summed E-state index contributed by atoms with van der Waals surface area (Å²) in [6.45, 7) is 2.39. The van der Waals surface area contributed by atoms with Gasteiger partial charge >= 0.3 is 0 Å². The molecule has 102 valence electrons. The second kappa shape index (κ2) is 5.09. The number of fused-ring (bicyclic) bond motifs is 1. The van der Waals surface area contributed by atoms with Crippen molar-refractivity contribution in [2.24, 2.45) is 0 Å². The molecule has 0 bridgehead atoms. The monoisotopic (exact) mass is 290 g/mol. The van der Waals surface area contributed by atoms with Gasteiger partial charge in [-0.1, -0.05) is 11.6 Å². The Hall–Kier alpha value is -2.14. The zero-order valence-electron chi connectivity index (χ0n) is 10.7. The summed E-state index contributed by atoms with van der Waals surface area (Å²) in [5.74, 6) is 0.361. The molecule has 4 nitrogen and oxygen atoms in total. The van der Waals surface area contributed by atoms with Gasteiger partial charge in [-0.2, -0.15) is 0 Å². The largest absolute Gasteiger partial charge is 0.365 e. The standard InChI is InChI=1S/C14H12ClFN4/c1-8-2-12-13(18-7-19-14(12)20-8)17-6-9-3-10(15)5-11(16)4-9/h2-5,7H,6H2,1H3,(H2,17,18,19,20). The first-order chi connectivity index (χ1) is 9.61. The molecule has 0 aliphatic heterocycles. The maximum absolute atomic E-state index is 13.3. The number of nitrogens with one attached hydrogen (secondary N) is 2. The zero-order valence-corrected chi connectivity index (χ0v) is 11.5. The quantitative estimate of drug-likeness (QED) is 0.774. The third-order valence-electron chi connectivity index (χ3n) is 2.94. The van der Waals surface area contributed by atoms with Gasteiger partial charge in [-0.15, -0.1) is 0 Å². The second-order valence-corrected chi connectivity index (χ2v) is 5.00. The molecule has 2 N–H and O–H groups in total. The molecule has 0 saturated carbocycles. The number of anilines is 1. The van der Waals surface area contributed by atoms with E-state index in [-0.39, 0.29) is 5.82 Å². The van der Waals surface area contributed by atoms with Crippen molar-refractivity contribution >= 4 is 28.5 Å². The van der Waals surface area contributed by atoms with E-state index in [1.54, 1.807) is 6.07 Å². The van der Waals surface area contributed by atoms with Gasteiger partial charge in [0.25, 0.3) is 0 Å². The Kier molecular flexibility index (Phi) is 3.28. The Morgan fingerprint density at radius 3 is 2.90 bits per heavy atom. The van der Waals surface area contributed by atoms with E-state index in [4.69, 9.17) is 11.6 Å². The summed E-state index contributed by atoms with van der Waals surface area (Å²) in [4.78, 5) is 11.5. The molecule has 0 atom stereocenters. The highest BCUT2D eigenvalue weighted by Crippen LogP contribution is 2.21. The minimum Gasteiger partial charge on any atom is -0.365 e. The molecular weight excluding hydrogens is 279 g/mol. The number of H-pyrrole nitrogens is 1. The number of rotatable bonds is 3. The van der Waals surface area contributed by atoms with Crippen LogP contribution in [0, 0.1) is 12.7 Å². The van der Waals surface area contributed by atoms with Crippen molar-refractivity contribution in [3.8, 4) is 0 Å². The maximum atomic E-state index is 13.3. The van der Waals surface area contributed by atoms with Gasteiger partial charge in [-0.05, 0) is 36.8 Å². The van der Waals surface area contributed by atoms with E-state index >= 15 is 0 Å². The molecule has 0 saturated heterocycles. The number of aromatic nitrogens is 3. The van der Waals surface area contributed by atoms with Crippen LogP contribution in [-0.2, 0) is 6.54 Å². The normalized spacial score (nSPS) is 10.9. The Balaban J connectivity index is 1.86. The lowest BCUT2D eigenvalue weighted by molar-refractivity contribution is 0.626. The number of hydrogen-bond donors (Lipinski definition) is 2. The molecule has 6 heteroatoms. The number of halogens is 2. The molecule has 0 aliphatic carbocycles. The van der Waals surface area contributed by atoms with Crippen LogP contribution in [0.5, 0.6) is 0 Å². The van der Waals surface area contributed by atoms with Crippen LogP contribution in [0.1, 0.15) is 11.3 Å². The molecule has 20 heavy (non-hydrogen) atoms. The van der Waals surface area contributed by atoms with Crippen molar-refractivity contribution in [1.29, 1.82) is 0 Å². The molecule has 0 radical (unpaired) electrons. The summed E-state index contributed by atoms with van der Waals surface area (Å²) in [5, 5.41) is 4.47. The first kappa shape index (κ1) is 12.9. The van der Waals surface area contributed by atoms with Crippen LogP contribution < -0.4 is 5.32 Å². The van der Waals surface area contributed by atoms with E-state index < -0.39 is 0 Å². The Morgan fingerprint density at radius 2 is 2.10 bits per heavy atom. The lowest BCUT2D eigenvalue weighted by Gasteiger charge is -2.07. The summed E-state index contributed by atoms with van der Waals surface area (Å²) >= 11 is 5.83. The van der Waals surface area contributed by atoms with Gasteiger partial charge in [0.15, 0.2) is 0 Å². The molecule has 0 aliphatic rings. The van der Waals surface area contributed by atoms with Gasteiger partial charge in [0.2, 0.25) is 0 Å². The summed E-state index contributed by atoms with van der Waals surface area (Å²) < 4.78 is 13.3. The van der Waals surface area contributed by atoms with Crippen LogP contribution in [0.3, 0.4) is 0 Å². The Bertz CT molecular complexity index is 749. The molecule has 0 amide bonds. The number of hydrogen-bond acceptors (Lipinski definition) is 3. The molecule has 2 heterocycles. The number of aryl methyl sites for hydroxylation is 1. The third kappa shape index (κ3) is 2.58. The fraction of sp³-hybridized carbons (Fsp3) is 0.143. The van der Waals surface area contributed by atoms with Crippen molar-refractivity contribution in [1.82, 2.24) is 15.0 Å². The SMILES string of the molecule is Cc1cc2c(NCc3cc(F)cc(Cl)c3)ncnc2[nH]1. The lowest BCUT2D eigenvalue weighted by Crippen LogP contribution is -2.02. The van der Waals surface area contributed by atoms with Crippen LogP contribution in [0.2, 0.25) is 5.02 Å². The summed E-state index contributed by atoms with van der Waals surface area (Å²) in [5.41, 5.74) is 2.55. The van der Waals surface area contributed by atoms with E-state index in [2.05, 4.69) is 20.3 Å². The van der Waals surface area contributed by atoms with E-state index in [1.165, 1.54) is 18.5 Å². The van der Waals surface area contributed by atoms with Crippen LogP contribution in [0.4, 0.5) is 10.2 Å². The first-order valence-corrected chi connectivity index (χ1v) is 6.49. The topological polar surface area (TPSA) is 53.6 Å². The van der Waals surface area contributed by atoms with Crippen molar-refractivity contribution in [2.45, 2.75) is 13.5 Å². The number of nitrogens with zero attached hydrogens (tertiary/aromatic N) is 2. The van der Waals surface area contributed by atoms with Crippen LogP contribution >= 0.6 is 11.6 Å². The van der Waals surface area contributed by atoms with Crippen LogP contribution in [-0.4, -0.2) is 15.0 Å². The summed E-state index contributed by atoms with van der Waals surface area (Å²) in [6, 6.07) is 6.41. The highest BCUT2D eigenvalue weighted by molar-refractivity contribution is 6.30. The summed E-state index contributed by atoms with van der Waals surface area (Å²) in [7, 11) is 0. The molecule has 0 unspecified atom stereocenters. The van der Waals surface area contributed by atoms with Gasteiger partial charge in [0.05, 0.1) is 5.39 Å². The highest BCUT2D eigenvalue weighted by Gasteiger charge is 2.06.